The van der Waals surface area contributed by atoms with Gasteiger partial charge in [0, 0.05) is 24.8 Å². The molecule has 5 heteroatoms. The molecule has 1 aliphatic rings. The minimum atomic E-state index is -0.207. The van der Waals surface area contributed by atoms with E-state index in [1.165, 1.54) is 6.07 Å². The summed E-state index contributed by atoms with van der Waals surface area (Å²) in [6.45, 7) is 3.48. The molecule has 0 unspecified atom stereocenters. The van der Waals surface area contributed by atoms with Gasteiger partial charge in [-0.15, -0.1) is 0 Å². The van der Waals surface area contributed by atoms with Gasteiger partial charge in [0.15, 0.2) is 0 Å². The van der Waals surface area contributed by atoms with E-state index in [0.29, 0.717) is 12.2 Å². The van der Waals surface area contributed by atoms with Gasteiger partial charge in [-0.05, 0) is 55.6 Å². The maximum absolute atomic E-state index is 13.6. The highest BCUT2D eigenvalue weighted by Gasteiger charge is 2.26. The van der Waals surface area contributed by atoms with E-state index in [0.717, 1.165) is 36.2 Å². The van der Waals surface area contributed by atoms with Crippen molar-refractivity contribution in [1.82, 2.24) is 14.3 Å². The van der Waals surface area contributed by atoms with Crippen LogP contribution in [0.2, 0.25) is 0 Å². The van der Waals surface area contributed by atoms with Gasteiger partial charge in [0.1, 0.15) is 11.5 Å². The molecular formula is C20H20FN3O. The van der Waals surface area contributed by atoms with Gasteiger partial charge in [-0.2, -0.15) is 0 Å². The molecule has 1 saturated heterocycles. The van der Waals surface area contributed by atoms with Gasteiger partial charge in [0.2, 0.25) is 0 Å². The number of hydrogen-bond donors (Lipinski definition) is 0. The van der Waals surface area contributed by atoms with Crippen LogP contribution in [0.3, 0.4) is 0 Å². The average molecular weight is 337 g/mol. The molecule has 1 aromatic carbocycles. The first kappa shape index (κ1) is 16.0. The SMILES string of the molecule is Cc1ccc2nc(CN3CCC[C@@H]3c3cccc(F)c3)cc(=O)n2c1. The van der Waals surface area contributed by atoms with E-state index < -0.39 is 0 Å². The average Bonchev–Trinajstić information content (AvgIpc) is 3.04. The van der Waals surface area contributed by atoms with E-state index in [4.69, 9.17) is 0 Å². The highest BCUT2D eigenvalue weighted by atomic mass is 19.1. The lowest BCUT2D eigenvalue weighted by Crippen LogP contribution is -2.25. The second kappa shape index (κ2) is 6.41. The fraction of sp³-hybridized carbons (Fsp3) is 0.300. The summed E-state index contributed by atoms with van der Waals surface area (Å²) in [4.78, 5) is 19.3. The molecule has 3 heterocycles. The standard InChI is InChI=1S/C20H20FN3O/c1-14-7-8-19-22-17(11-20(25)24(19)12-14)13-23-9-3-6-18(23)15-4-2-5-16(21)10-15/h2,4-5,7-8,10-12,18H,3,6,9,13H2,1H3/t18-/m1/s1. The van der Waals surface area contributed by atoms with Crippen LogP contribution in [0.1, 0.15) is 35.7 Å². The summed E-state index contributed by atoms with van der Waals surface area (Å²) in [6, 6.07) is 12.4. The summed E-state index contributed by atoms with van der Waals surface area (Å²) >= 11 is 0. The number of nitrogens with zero attached hydrogens (tertiary/aromatic N) is 3. The van der Waals surface area contributed by atoms with Gasteiger partial charge in [0.05, 0.1) is 5.69 Å². The molecule has 1 fully saturated rings. The van der Waals surface area contributed by atoms with Crippen molar-refractivity contribution in [2.24, 2.45) is 0 Å². The van der Waals surface area contributed by atoms with E-state index in [2.05, 4.69) is 9.88 Å². The van der Waals surface area contributed by atoms with Crippen LogP contribution in [0.4, 0.5) is 4.39 Å². The molecule has 2 aromatic heterocycles. The topological polar surface area (TPSA) is 37.6 Å². The number of aromatic nitrogens is 2. The predicted molar refractivity (Wildman–Crippen MR) is 95.0 cm³/mol. The number of rotatable bonds is 3. The second-order valence-corrected chi connectivity index (χ2v) is 6.70. The lowest BCUT2D eigenvalue weighted by Gasteiger charge is -2.24. The highest BCUT2D eigenvalue weighted by molar-refractivity contribution is 5.40. The van der Waals surface area contributed by atoms with Crippen LogP contribution in [0.5, 0.6) is 0 Å². The van der Waals surface area contributed by atoms with Gasteiger partial charge >= 0.3 is 0 Å². The summed E-state index contributed by atoms with van der Waals surface area (Å²) in [5, 5.41) is 0. The van der Waals surface area contributed by atoms with Crippen LogP contribution in [0.25, 0.3) is 5.65 Å². The van der Waals surface area contributed by atoms with E-state index in [-0.39, 0.29) is 17.4 Å². The molecule has 4 nitrogen and oxygen atoms in total. The van der Waals surface area contributed by atoms with Crippen molar-refractivity contribution >= 4 is 5.65 Å². The number of benzene rings is 1. The molecule has 0 amide bonds. The third-order valence-electron chi connectivity index (χ3n) is 4.82. The summed E-state index contributed by atoms with van der Waals surface area (Å²) in [7, 11) is 0. The van der Waals surface area contributed by atoms with Crippen molar-refractivity contribution in [1.29, 1.82) is 0 Å². The molecule has 0 N–H and O–H groups in total. The van der Waals surface area contributed by atoms with Crippen molar-refractivity contribution in [2.45, 2.75) is 32.4 Å². The minimum Gasteiger partial charge on any atom is -0.291 e. The Kier molecular flexibility index (Phi) is 4.09. The molecule has 0 saturated carbocycles. The van der Waals surface area contributed by atoms with Crippen LogP contribution in [-0.2, 0) is 6.54 Å². The maximum Gasteiger partial charge on any atom is 0.258 e. The normalized spacial score (nSPS) is 18.1. The first-order chi connectivity index (χ1) is 12.1. The maximum atomic E-state index is 13.6. The minimum absolute atomic E-state index is 0.0646. The van der Waals surface area contributed by atoms with Crippen LogP contribution in [-0.4, -0.2) is 20.8 Å². The number of halogens is 1. The first-order valence-corrected chi connectivity index (χ1v) is 8.58. The van der Waals surface area contributed by atoms with E-state index in [1.54, 1.807) is 28.8 Å². The predicted octanol–water partition coefficient (Wildman–Crippen LogP) is 3.48. The zero-order valence-corrected chi connectivity index (χ0v) is 14.2. The second-order valence-electron chi connectivity index (χ2n) is 6.70. The molecule has 0 bridgehead atoms. The quantitative estimate of drug-likeness (QED) is 0.734. The number of pyridine rings is 1. The third-order valence-corrected chi connectivity index (χ3v) is 4.82. The Morgan fingerprint density at radius 2 is 2.12 bits per heavy atom. The Bertz CT molecular complexity index is 982. The monoisotopic (exact) mass is 337 g/mol. The van der Waals surface area contributed by atoms with Crippen molar-refractivity contribution in [3.05, 3.63) is 81.7 Å². The largest absolute Gasteiger partial charge is 0.291 e. The molecule has 3 aromatic rings. The van der Waals surface area contributed by atoms with Crippen molar-refractivity contribution in [3.8, 4) is 0 Å². The smallest absolute Gasteiger partial charge is 0.258 e. The zero-order valence-electron chi connectivity index (χ0n) is 14.2. The number of aryl methyl sites for hydroxylation is 1. The Hall–Kier alpha value is -2.53. The number of fused-ring (bicyclic) bond motifs is 1. The Morgan fingerprint density at radius 1 is 1.24 bits per heavy atom. The van der Waals surface area contributed by atoms with Gasteiger partial charge in [0.25, 0.3) is 5.56 Å². The summed E-state index contributed by atoms with van der Waals surface area (Å²) in [6.07, 6.45) is 3.86. The van der Waals surface area contributed by atoms with Gasteiger partial charge in [-0.3, -0.25) is 14.1 Å². The lowest BCUT2D eigenvalue weighted by atomic mass is 10.0. The molecule has 0 radical (unpaired) electrons. The van der Waals surface area contributed by atoms with Crippen LogP contribution >= 0.6 is 0 Å². The Balaban J connectivity index is 1.64. The Morgan fingerprint density at radius 3 is 2.96 bits per heavy atom. The molecular weight excluding hydrogens is 317 g/mol. The fourth-order valence-corrected chi connectivity index (χ4v) is 3.65. The van der Waals surface area contributed by atoms with Crippen molar-refractivity contribution in [2.75, 3.05) is 6.54 Å². The molecule has 128 valence electrons. The third kappa shape index (κ3) is 3.20. The van der Waals surface area contributed by atoms with Crippen LogP contribution < -0.4 is 5.56 Å². The van der Waals surface area contributed by atoms with E-state index in [9.17, 15) is 9.18 Å². The fourth-order valence-electron chi connectivity index (χ4n) is 3.65. The van der Waals surface area contributed by atoms with Crippen LogP contribution in [0.15, 0.2) is 53.5 Å². The molecule has 25 heavy (non-hydrogen) atoms. The first-order valence-electron chi connectivity index (χ1n) is 8.58. The molecule has 0 aliphatic carbocycles. The zero-order chi connectivity index (χ0) is 17.4. The summed E-state index contributed by atoms with van der Waals surface area (Å²) in [5.74, 6) is -0.207. The molecule has 0 spiro atoms. The number of likely N-dealkylation sites (tertiary alicyclic amines) is 1. The van der Waals surface area contributed by atoms with Gasteiger partial charge in [-0.25, -0.2) is 9.37 Å². The van der Waals surface area contributed by atoms with Crippen LogP contribution in [0, 0.1) is 12.7 Å². The van der Waals surface area contributed by atoms with Gasteiger partial charge < -0.3 is 0 Å². The lowest BCUT2D eigenvalue weighted by molar-refractivity contribution is 0.245. The highest BCUT2D eigenvalue weighted by Crippen LogP contribution is 2.33. The number of hydrogen-bond acceptors (Lipinski definition) is 3. The summed E-state index contributed by atoms with van der Waals surface area (Å²) in [5.41, 5.74) is 3.37. The van der Waals surface area contributed by atoms with E-state index in [1.807, 2.05) is 25.1 Å². The van der Waals surface area contributed by atoms with E-state index >= 15 is 0 Å². The summed E-state index contributed by atoms with van der Waals surface area (Å²) < 4.78 is 15.1. The van der Waals surface area contributed by atoms with Gasteiger partial charge in [-0.1, -0.05) is 18.2 Å². The van der Waals surface area contributed by atoms with Crippen molar-refractivity contribution < 1.29 is 4.39 Å². The molecule has 1 aliphatic heterocycles. The molecule has 1 atom stereocenters. The Labute approximate surface area is 145 Å². The van der Waals surface area contributed by atoms with Crippen molar-refractivity contribution in [3.63, 3.8) is 0 Å². The molecule has 4 rings (SSSR count).